The third-order valence-electron chi connectivity index (χ3n) is 3.31. The van der Waals surface area contributed by atoms with Gasteiger partial charge in [0.25, 0.3) is 0 Å². The van der Waals surface area contributed by atoms with Crippen molar-refractivity contribution in [3.63, 3.8) is 0 Å². The van der Waals surface area contributed by atoms with Gasteiger partial charge in [0.1, 0.15) is 0 Å². The highest BCUT2D eigenvalue weighted by atomic mass is 32.1. The fourth-order valence-electron chi connectivity index (χ4n) is 2.35. The number of piperidine rings is 1. The van der Waals surface area contributed by atoms with Gasteiger partial charge >= 0.3 is 0 Å². The Bertz CT molecular complexity index is 455. The molecule has 17 heavy (non-hydrogen) atoms. The molecule has 3 rings (SSSR count). The average Bonchev–Trinajstić information content (AvgIpc) is 3.00. The van der Waals surface area contributed by atoms with Crippen LogP contribution >= 0.6 is 11.3 Å². The second-order valence-electron chi connectivity index (χ2n) is 4.61. The summed E-state index contributed by atoms with van der Waals surface area (Å²) in [4.78, 5) is 0. The summed E-state index contributed by atoms with van der Waals surface area (Å²) in [5.74, 6) is 0. The van der Waals surface area contributed by atoms with E-state index in [0.717, 1.165) is 13.1 Å². The number of nitrogens with zero attached hydrogens (tertiary/aromatic N) is 2. The quantitative estimate of drug-likeness (QED) is 0.904. The van der Waals surface area contributed by atoms with Gasteiger partial charge in [0.15, 0.2) is 0 Å². The third kappa shape index (κ3) is 2.58. The Kier molecular flexibility index (Phi) is 3.25. The van der Waals surface area contributed by atoms with E-state index < -0.39 is 0 Å². The highest BCUT2D eigenvalue weighted by Gasteiger charge is 2.13. The largest absolute Gasteiger partial charge is 0.312 e. The predicted octanol–water partition coefficient (Wildman–Crippen LogP) is 2.75. The summed E-state index contributed by atoms with van der Waals surface area (Å²) >= 11 is 1.73. The fraction of sp³-hybridized carbons (Fsp3) is 0.462. The van der Waals surface area contributed by atoms with Crippen molar-refractivity contribution in [2.75, 3.05) is 6.54 Å². The Morgan fingerprint density at radius 3 is 3.18 bits per heavy atom. The first kappa shape index (κ1) is 11.0. The molecule has 0 aliphatic carbocycles. The van der Waals surface area contributed by atoms with E-state index in [2.05, 4.69) is 38.1 Å². The van der Waals surface area contributed by atoms with Crippen LogP contribution in [0.15, 0.2) is 29.2 Å². The SMILES string of the molecule is c1cc(-c2cnn(C[C@@H]3CCCCN3)c2)cs1. The van der Waals surface area contributed by atoms with Gasteiger partial charge in [0, 0.05) is 17.8 Å². The molecule has 0 amide bonds. The molecular weight excluding hydrogens is 230 g/mol. The van der Waals surface area contributed by atoms with Gasteiger partial charge in [-0.2, -0.15) is 16.4 Å². The highest BCUT2D eigenvalue weighted by Crippen LogP contribution is 2.21. The lowest BCUT2D eigenvalue weighted by Crippen LogP contribution is -2.37. The lowest BCUT2D eigenvalue weighted by Gasteiger charge is -2.23. The molecule has 1 atom stereocenters. The highest BCUT2D eigenvalue weighted by molar-refractivity contribution is 7.08. The molecule has 3 nitrogen and oxygen atoms in total. The van der Waals surface area contributed by atoms with Gasteiger partial charge in [-0.15, -0.1) is 0 Å². The van der Waals surface area contributed by atoms with Crippen LogP contribution in [0.3, 0.4) is 0 Å². The molecule has 1 saturated heterocycles. The number of aromatic nitrogens is 2. The van der Waals surface area contributed by atoms with Crippen LogP contribution in [-0.2, 0) is 6.54 Å². The molecule has 1 aliphatic rings. The molecule has 4 heteroatoms. The van der Waals surface area contributed by atoms with Crippen molar-refractivity contribution >= 4 is 11.3 Å². The molecule has 0 spiro atoms. The minimum atomic E-state index is 0.596. The van der Waals surface area contributed by atoms with Crippen LogP contribution in [0.2, 0.25) is 0 Å². The van der Waals surface area contributed by atoms with Crippen molar-refractivity contribution in [1.29, 1.82) is 0 Å². The van der Waals surface area contributed by atoms with Crippen LogP contribution in [0.1, 0.15) is 19.3 Å². The second-order valence-corrected chi connectivity index (χ2v) is 5.39. The van der Waals surface area contributed by atoms with Crippen molar-refractivity contribution in [2.24, 2.45) is 0 Å². The van der Waals surface area contributed by atoms with E-state index >= 15 is 0 Å². The normalized spacial score (nSPS) is 20.6. The van der Waals surface area contributed by atoms with Crippen molar-refractivity contribution in [3.05, 3.63) is 29.2 Å². The Labute approximate surface area is 105 Å². The van der Waals surface area contributed by atoms with Crippen LogP contribution in [0, 0.1) is 0 Å². The van der Waals surface area contributed by atoms with Crippen LogP contribution in [0.25, 0.3) is 11.1 Å². The molecule has 90 valence electrons. The minimum Gasteiger partial charge on any atom is -0.312 e. The number of nitrogens with one attached hydrogen (secondary N) is 1. The Balaban J connectivity index is 1.68. The summed E-state index contributed by atoms with van der Waals surface area (Å²) in [5.41, 5.74) is 2.50. The zero-order valence-corrected chi connectivity index (χ0v) is 10.6. The molecule has 0 saturated carbocycles. The van der Waals surface area contributed by atoms with Crippen molar-refractivity contribution in [2.45, 2.75) is 31.8 Å². The van der Waals surface area contributed by atoms with Crippen molar-refractivity contribution in [1.82, 2.24) is 15.1 Å². The topological polar surface area (TPSA) is 29.9 Å². The molecule has 1 aliphatic heterocycles. The molecular formula is C13H17N3S. The van der Waals surface area contributed by atoms with Crippen LogP contribution in [0.5, 0.6) is 0 Å². The zero-order chi connectivity index (χ0) is 11.5. The van der Waals surface area contributed by atoms with Crippen LogP contribution in [0.4, 0.5) is 0 Å². The smallest absolute Gasteiger partial charge is 0.0568 e. The Hall–Kier alpha value is -1.13. The van der Waals surface area contributed by atoms with Crippen LogP contribution < -0.4 is 5.32 Å². The fourth-order valence-corrected chi connectivity index (χ4v) is 3.01. The van der Waals surface area contributed by atoms with Gasteiger partial charge in [-0.1, -0.05) is 6.42 Å². The molecule has 3 heterocycles. The van der Waals surface area contributed by atoms with Crippen molar-refractivity contribution in [3.8, 4) is 11.1 Å². The van der Waals surface area contributed by atoms with Gasteiger partial charge in [0.2, 0.25) is 0 Å². The van der Waals surface area contributed by atoms with E-state index in [1.165, 1.54) is 30.4 Å². The molecule has 1 N–H and O–H groups in total. The first-order valence-electron chi connectivity index (χ1n) is 6.20. The molecule has 1 fully saturated rings. The number of hydrogen-bond donors (Lipinski definition) is 1. The second kappa shape index (κ2) is 5.02. The number of hydrogen-bond acceptors (Lipinski definition) is 3. The van der Waals surface area contributed by atoms with Gasteiger partial charge in [-0.05, 0) is 41.8 Å². The summed E-state index contributed by atoms with van der Waals surface area (Å²) < 4.78 is 2.07. The van der Waals surface area contributed by atoms with E-state index in [9.17, 15) is 0 Å². The maximum absolute atomic E-state index is 4.45. The van der Waals surface area contributed by atoms with E-state index in [0.29, 0.717) is 6.04 Å². The van der Waals surface area contributed by atoms with E-state index in [4.69, 9.17) is 0 Å². The summed E-state index contributed by atoms with van der Waals surface area (Å²) in [5, 5.41) is 12.3. The summed E-state index contributed by atoms with van der Waals surface area (Å²) in [6, 6.07) is 2.74. The molecule has 0 radical (unpaired) electrons. The first-order valence-corrected chi connectivity index (χ1v) is 7.14. The maximum atomic E-state index is 4.45. The monoisotopic (exact) mass is 247 g/mol. The average molecular weight is 247 g/mol. The summed E-state index contributed by atoms with van der Waals surface area (Å²) in [6.07, 6.45) is 8.04. The van der Waals surface area contributed by atoms with E-state index in [1.807, 2.05) is 6.20 Å². The minimum absolute atomic E-state index is 0.596. The Morgan fingerprint density at radius 2 is 2.41 bits per heavy atom. The summed E-state index contributed by atoms with van der Waals surface area (Å²) in [7, 11) is 0. The third-order valence-corrected chi connectivity index (χ3v) is 3.99. The first-order chi connectivity index (χ1) is 8.42. The lowest BCUT2D eigenvalue weighted by atomic mass is 10.1. The maximum Gasteiger partial charge on any atom is 0.0568 e. The van der Waals surface area contributed by atoms with Gasteiger partial charge in [0.05, 0.1) is 12.7 Å². The molecule has 2 aromatic rings. The number of thiophene rings is 1. The van der Waals surface area contributed by atoms with E-state index in [-0.39, 0.29) is 0 Å². The van der Waals surface area contributed by atoms with E-state index in [1.54, 1.807) is 11.3 Å². The molecule has 2 aromatic heterocycles. The predicted molar refractivity (Wildman–Crippen MR) is 71.2 cm³/mol. The summed E-state index contributed by atoms with van der Waals surface area (Å²) in [6.45, 7) is 2.15. The molecule has 0 unspecified atom stereocenters. The van der Waals surface area contributed by atoms with Crippen LogP contribution in [-0.4, -0.2) is 22.4 Å². The number of rotatable bonds is 3. The van der Waals surface area contributed by atoms with Gasteiger partial charge < -0.3 is 5.32 Å². The Morgan fingerprint density at radius 1 is 1.41 bits per heavy atom. The zero-order valence-electron chi connectivity index (χ0n) is 9.80. The molecule has 0 aromatic carbocycles. The standard InChI is InChI=1S/C13H17N3S/c1-2-5-14-13(3-1)9-16-8-12(7-15-16)11-4-6-17-10-11/h4,6-8,10,13-14H,1-3,5,9H2/t13-/m0/s1. The van der Waals surface area contributed by atoms with Crippen molar-refractivity contribution < 1.29 is 0 Å². The lowest BCUT2D eigenvalue weighted by molar-refractivity contribution is 0.351. The van der Waals surface area contributed by atoms with Gasteiger partial charge in [-0.25, -0.2) is 0 Å². The molecule has 0 bridgehead atoms. The van der Waals surface area contributed by atoms with Gasteiger partial charge in [-0.3, -0.25) is 4.68 Å².